The molecule has 0 heterocycles. The SMILES string of the molecule is CC(C)C(CNS(=O)(=O)c1ccc(Cl)c(Br)c1)C(=O)O. The lowest BCUT2D eigenvalue weighted by Crippen LogP contribution is -2.35. The van der Waals surface area contributed by atoms with Crippen LogP contribution in [0, 0.1) is 11.8 Å². The monoisotopic (exact) mass is 383 g/mol. The summed E-state index contributed by atoms with van der Waals surface area (Å²) in [5, 5.41) is 9.43. The van der Waals surface area contributed by atoms with E-state index < -0.39 is 21.9 Å². The van der Waals surface area contributed by atoms with Gasteiger partial charge in [-0.15, -0.1) is 0 Å². The third kappa shape index (κ3) is 4.44. The van der Waals surface area contributed by atoms with Crippen LogP contribution in [-0.2, 0) is 14.8 Å². The maximum atomic E-state index is 12.1. The largest absolute Gasteiger partial charge is 0.481 e. The van der Waals surface area contributed by atoms with Crippen LogP contribution in [0.1, 0.15) is 13.8 Å². The van der Waals surface area contributed by atoms with Crippen LogP contribution in [0.15, 0.2) is 27.6 Å². The number of carbonyl (C=O) groups is 1. The molecule has 20 heavy (non-hydrogen) atoms. The van der Waals surface area contributed by atoms with Crippen molar-refractivity contribution in [2.24, 2.45) is 11.8 Å². The minimum absolute atomic E-state index is 0.0293. The molecule has 1 aromatic carbocycles. The van der Waals surface area contributed by atoms with Gasteiger partial charge in [0.2, 0.25) is 10.0 Å². The van der Waals surface area contributed by atoms with E-state index in [9.17, 15) is 13.2 Å². The van der Waals surface area contributed by atoms with Crippen LogP contribution in [-0.4, -0.2) is 26.0 Å². The fraction of sp³-hybridized carbons (Fsp3) is 0.417. The molecule has 8 heteroatoms. The van der Waals surface area contributed by atoms with Gasteiger partial charge in [-0.3, -0.25) is 4.79 Å². The van der Waals surface area contributed by atoms with Gasteiger partial charge in [-0.05, 0) is 40.0 Å². The van der Waals surface area contributed by atoms with Crippen molar-refractivity contribution in [3.05, 3.63) is 27.7 Å². The van der Waals surface area contributed by atoms with Crippen LogP contribution >= 0.6 is 27.5 Å². The fourth-order valence-electron chi connectivity index (χ4n) is 1.53. The Kier molecular flexibility index (Phi) is 6.00. The van der Waals surface area contributed by atoms with Crippen molar-refractivity contribution in [2.45, 2.75) is 18.7 Å². The molecule has 1 rings (SSSR count). The van der Waals surface area contributed by atoms with Gasteiger partial charge in [-0.1, -0.05) is 25.4 Å². The summed E-state index contributed by atoms with van der Waals surface area (Å²) in [4.78, 5) is 11.1. The first-order valence-electron chi connectivity index (χ1n) is 5.82. The molecular weight excluding hydrogens is 370 g/mol. The topological polar surface area (TPSA) is 83.5 Å². The number of hydrogen-bond donors (Lipinski definition) is 2. The number of carboxylic acid groups (broad SMARTS) is 1. The van der Waals surface area contributed by atoms with Crippen molar-refractivity contribution < 1.29 is 18.3 Å². The van der Waals surface area contributed by atoms with Crippen LogP contribution in [0.25, 0.3) is 0 Å². The van der Waals surface area contributed by atoms with Crippen molar-refractivity contribution in [3.63, 3.8) is 0 Å². The molecule has 2 N–H and O–H groups in total. The highest BCUT2D eigenvalue weighted by molar-refractivity contribution is 9.10. The molecule has 0 aromatic heterocycles. The normalized spacial score (nSPS) is 13.4. The summed E-state index contributed by atoms with van der Waals surface area (Å²) in [5.74, 6) is -1.98. The summed E-state index contributed by atoms with van der Waals surface area (Å²) >= 11 is 8.95. The molecule has 0 bridgehead atoms. The molecule has 0 fully saturated rings. The quantitative estimate of drug-likeness (QED) is 0.790. The van der Waals surface area contributed by atoms with Crippen molar-refractivity contribution in [1.82, 2.24) is 4.72 Å². The van der Waals surface area contributed by atoms with Crippen molar-refractivity contribution in [1.29, 1.82) is 0 Å². The van der Waals surface area contributed by atoms with E-state index in [0.29, 0.717) is 9.50 Å². The predicted molar refractivity (Wildman–Crippen MR) is 80.3 cm³/mol. The third-order valence-electron chi connectivity index (χ3n) is 2.82. The van der Waals surface area contributed by atoms with E-state index in [4.69, 9.17) is 16.7 Å². The highest BCUT2D eigenvalue weighted by Gasteiger charge is 2.24. The molecule has 0 aliphatic carbocycles. The van der Waals surface area contributed by atoms with Gasteiger partial charge in [0.05, 0.1) is 15.8 Å². The molecular formula is C12H15BrClNO4S. The van der Waals surface area contributed by atoms with E-state index in [0.717, 1.165) is 0 Å². The van der Waals surface area contributed by atoms with Gasteiger partial charge >= 0.3 is 5.97 Å². The van der Waals surface area contributed by atoms with Gasteiger partial charge in [0.25, 0.3) is 0 Å². The number of halogens is 2. The molecule has 112 valence electrons. The van der Waals surface area contributed by atoms with Gasteiger partial charge in [-0.2, -0.15) is 0 Å². The first kappa shape index (κ1) is 17.4. The number of aliphatic carboxylic acids is 1. The maximum absolute atomic E-state index is 12.1. The number of hydrogen-bond acceptors (Lipinski definition) is 3. The summed E-state index contributed by atoms with van der Waals surface area (Å²) in [6.45, 7) is 3.30. The van der Waals surface area contributed by atoms with E-state index in [1.165, 1.54) is 18.2 Å². The number of nitrogens with one attached hydrogen (secondary N) is 1. The molecule has 0 spiro atoms. The zero-order valence-corrected chi connectivity index (χ0v) is 14.1. The number of benzene rings is 1. The second-order valence-electron chi connectivity index (χ2n) is 4.62. The summed E-state index contributed by atoms with van der Waals surface area (Å²) in [5.41, 5.74) is 0. The van der Waals surface area contributed by atoms with Gasteiger partial charge in [-0.25, -0.2) is 13.1 Å². The second-order valence-corrected chi connectivity index (χ2v) is 7.65. The highest BCUT2D eigenvalue weighted by atomic mass is 79.9. The van der Waals surface area contributed by atoms with Gasteiger partial charge in [0.1, 0.15) is 0 Å². The lowest BCUT2D eigenvalue weighted by Gasteiger charge is -2.17. The minimum atomic E-state index is -3.76. The Balaban J connectivity index is 2.89. The Morgan fingerprint density at radius 2 is 2.05 bits per heavy atom. The molecule has 5 nitrogen and oxygen atoms in total. The van der Waals surface area contributed by atoms with E-state index in [2.05, 4.69) is 20.7 Å². The number of rotatable bonds is 6. The summed E-state index contributed by atoms with van der Waals surface area (Å²) < 4.78 is 26.9. The van der Waals surface area contributed by atoms with Crippen LogP contribution in [0.5, 0.6) is 0 Å². The van der Waals surface area contributed by atoms with Crippen LogP contribution < -0.4 is 4.72 Å². The first-order valence-corrected chi connectivity index (χ1v) is 8.48. The van der Waals surface area contributed by atoms with Crippen LogP contribution in [0.3, 0.4) is 0 Å². The molecule has 1 aromatic rings. The molecule has 0 saturated carbocycles. The Morgan fingerprint density at radius 1 is 1.45 bits per heavy atom. The second kappa shape index (κ2) is 6.89. The average molecular weight is 385 g/mol. The van der Waals surface area contributed by atoms with Gasteiger partial charge < -0.3 is 5.11 Å². The smallest absolute Gasteiger partial charge is 0.308 e. The minimum Gasteiger partial charge on any atom is -0.481 e. The van der Waals surface area contributed by atoms with E-state index in [-0.39, 0.29) is 17.4 Å². The molecule has 0 aliphatic heterocycles. The van der Waals surface area contributed by atoms with Crippen molar-refractivity contribution in [3.8, 4) is 0 Å². The van der Waals surface area contributed by atoms with Crippen molar-refractivity contribution >= 4 is 43.5 Å². The molecule has 0 radical (unpaired) electrons. The predicted octanol–water partition coefficient (Wildman–Crippen LogP) is 2.74. The lowest BCUT2D eigenvalue weighted by atomic mass is 9.97. The summed E-state index contributed by atoms with van der Waals surface area (Å²) in [6, 6.07) is 4.19. The first-order chi connectivity index (χ1) is 9.15. The van der Waals surface area contributed by atoms with E-state index in [1.54, 1.807) is 13.8 Å². The lowest BCUT2D eigenvalue weighted by molar-refractivity contribution is -0.142. The summed E-state index contributed by atoms with van der Waals surface area (Å²) in [6.07, 6.45) is 0. The Labute approximate surface area is 131 Å². The van der Waals surface area contributed by atoms with Crippen LogP contribution in [0.4, 0.5) is 0 Å². The molecule has 1 unspecified atom stereocenters. The Hall–Kier alpha value is -0.630. The molecule has 0 aliphatic rings. The summed E-state index contributed by atoms with van der Waals surface area (Å²) in [7, 11) is -3.76. The van der Waals surface area contributed by atoms with E-state index >= 15 is 0 Å². The molecule has 0 saturated heterocycles. The fourth-order valence-corrected chi connectivity index (χ4v) is 3.27. The van der Waals surface area contributed by atoms with Crippen LogP contribution in [0.2, 0.25) is 5.02 Å². The van der Waals surface area contributed by atoms with Crippen molar-refractivity contribution in [2.75, 3.05) is 6.54 Å². The molecule has 1 atom stereocenters. The molecule has 0 amide bonds. The Bertz CT molecular complexity index is 603. The highest BCUT2D eigenvalue weighted by Crippen LogP contribution is 2.25. The standard InChI is InChI=1S/C12H15BrClNO4S/c1-7(2)9(12(16)17)6-15-20(18,19)8-3-4-11(14)10(13)5-8/h3-5,7,9,15H,6H2,1-2H3,(H,16,17). The van der Waals surface area contributed by atoms with E-state index in [1.807, 2.05) is 0 Å². The number of sulfonamides is 1. The average Bonchev–Trinajstić information content (AvgIpc) is 2.31. The Morgan fingerprint density at radius 3 is 2.50 bits per heavy atom. The third-order valence-corrected chi connectivity index (χ3v) is 5.45. The zero-order valence-electron chi connectivity index (χ0n) is 10.9. The van der Waals surface area contributed by atoms with Gasteiger partial charge in [0.15, 0.2) is 0 Å². The zero-order chi connectivity index (χ0) is 15.5. The maximum Gasteiger partial charge on any atom is 0.308 e. The van der Waals surface area contributed by atoms with Gasteiger partial charge in [0, 0.05) is 11.0 Å². The number of carboxylic acids is 1.